The summed E-state index contributed by atoms with van der Waals surface area (Å²) in [6.45, 7) is 3.70. The van der Waals surface area contributed by atoms with Crippen molar-refractivity contribution in [3.05, 3.63) is 132 Å². The van der Waals surface area contributed by atoms with E-state index in [0.29, 0.717) is 16.9 Å². The third kappa shape index (κ3) is 8.33. The Morgan fingerprint density at radius 1 is 0.867 bits per heavy atom. The number of hydrogen-bond donors (Lipinski definition) is 3. The minimum atomic E-state index is -0.526. The molecular formula is C35H31N5O4S. The van der Waals surface area contributed by atoms with Crippen LogP contribution in [0.1, 0.15) is 34.8 Å². The lowest BCUT2D eigenvalue weighted by Crippen LogP contribution is -2.35. The summed E-state index contributed by atoms with van der Waals surface area (Å²) in [4.78, 5) is 52.5. The maximum atomic E-state index is 13.4. The van der Waals surface area contributed by atoms with Crippen LogP contribution < -0.4 is 21.0 Å². The molecule has 0 bridgehead atoms. The second-order valence-corrected chi connectivity index (χ2v) is 11.7. The van der Waals surface area contributed by atoms with E-state index in [1.807, 2.05) is 61.5 Å². The third-order valence-electron chi connectivity index (χ3n) is 6.70. The van der Waals surface area contributed by atoms with Crippen LogP contribution in [0, 0.1) is 6.92 Å². The first kappa shape index (κ1) is 31.0. The monoisotopic (exact) mass is 617 g/mol. The van der Waals surface area contributed by atoms with Crippen molar-refractivity contribution in [3.63, 3.8) is 0 Å². The summed E-state index contributed by atoms with van der Waals surface area (Å²) in [6.07, 6.45) is 1.63. The van der Waals surface area contributed by atoms with E-state index < -0.39 is 17.1 Å². The van der Waals surface area contributed by atoms with Gasteiger partial charge in [0.1, 0.15) is 11.5 Å². The Bertz CT molecular complexity index is 1790. The smallest absolute Gasteiger partial charge is 0.272 e. The lowest BCUT2D eigenvalue weighted by molar-refractivity contribution is -0.119. The van der Waals surface area contributed by atoms with Crippen LogP contribution in [0.4, 0.5) is 11.4 Å². The van der Waals surface area contributed by atoms with Crippen molar-refractivity contribution in [2.45, 2.75) is 30.4 Å². The number of hydrazone groups is 1. The molecule has 0 aliphatic carbocycles. The number of aryl methyl sites for hydroxylation is 1. The van der Waals surface area contributed by atoms with Gasteiger partial charge >= 0.3 is 0 Å². The zero-order valence-electron chi connectivity index (χ0n) is 24.7. The van der Waals surface area contributed by atoms with Crippen LogP contribution in [-0.2, 0) is 14.4 Å². The Kier molecular flexibility index (Phi) is 9.86. The number of hydrogen-bond acceptors (Lipinski definition) is 6. The van der Waals surface area contributed by atoms with Crippen molar-refractivity contribution in [3.8, 4) is 0 Å². The molecule has 1 heterocycles. The number of amides is 4. The predicted molar refractivity (Wildman–Crippen MR) is 178 cm³/mol. The van der Waals surface area contributed by atoms with Crippen LogP contribution >= 0.6 is 11.8 Å². The van der Waals surface area contributed by atoms with Gasteiger partial charge in [0.25, 0.3) is 17.7 Å². The molecule has 1 atom stereocenters. The molecule has 1 unspecified atom stereocenters. The van der Waals surface area contributed by atoms with E-state index in [1.54, 1.807) is 67.6 Å². The van der Waals surface area contributed by atoms with Gasteiger partial charge in [-0.25, -0.2) is 0 Å². The molecular weight excluding hydrogens is 586 g/mol. The first-order chi connectivity index (χ1) is 21.7. The molecule has 10 heteroatoms. The number of para-hydroxylation sites is 1. The fraction of sp³-hybridized carbons (Fsp3) is 0.114. The highest BCUT2D eigenvalue weighted by Gasteiger charge is 2.27. The van der Waals surface area contributed by atoms with Gasteiger partial charge in [0.2, 0.25) is 5.91 Å². The molecule has 4 aromatic carbocycles. The Morgan fingerprint density at radius 3 is 2.31 bits per heavy atom. The molecule has 1 aliphatic rings. The molecule has 0 spiro atoms. The highest BCUT2D eigenvalue weighted by molar-refractivity contribution is 8.00. The van der Waals surface area contributed by atoms with E-state index in [-0.39, 0.29) is 29.8 Å². The van der Waals surface area contributed by atoms with Crippen molar-refractivity contribution in [1.82, 2.24) is 10.6 Å². The van der Waals surface area contributed by atoms with Crippen LogP contribution in [0.3, 0.4) is 0 Å². The predicted octanol–water partition coefficient (Wildman–Crippen LogP) is 5.75. The summed E-state index contributed by atoms with van der Waals surface area (Å²) in [6, 6.07) is 32.4. The zero-order valence-corrected chi connectivity index (χ0v) is 25.5. The maximum Gasteiger partial charge on any atom is 0.272 e. The summed E-state index contributed by atoms with van der Waals surface area (Å²) >= 11 is 1.29. The number of amidine groups is 1. The van der Waals surface area contributed by atoms with Crippen molar-refractivity contribution in [1.29, 1.82) is 0 Å². The van der Waals surface area contributed by atoms with E-state index in [4.69, 9.17) is 0 Å². The van der Waals surface area contributed by atoms with E-state index in [9.17, 15) is 19.2 Å². The quantitative estimate of drug-likeness (QED) is 0.163. The topological polar surface area (TPSA) is 120 Å². The normalized spacial score (nSPS) is 13.6. The van der Waals surface area contributed by atoms with Gasteiger partial charge in [-0.05, 0) is 68.0 Å². The van der Waals surface area contributed by atoms with E-state index >= 15 is 0 Å². The van der Waals surface area contributed by atoms with Crippen LogP contribution in [-0.4, -0.2) is 34.7 Å². The van der Waals surface area contributed by atoms with E-state index in [1.165, 1.54) is 16.8 Å². The molecule has 0 aromatic heterocycles. The summed E-state index contributed by atoms with van der Waals surface area (Å²) < 4.78 is 0. The van der Waals surface area contributed by atoms with Crippen molar-refractivity contribution in [2.75, 3.05) is 10.3 Å². The van der Waals surface area contributed by atoms with Gasteiger partial charge in [-0.3, -0.25) is 19.2 Å². The molecule has 4 amide bonds. The fourth-order valence-electron chi connectivity index (χ4n) is 4.49. The lowest BCUT2D eigenvalue weighted by atomic mass is 10.1. The maximum absolute atomic E-state index is 13.4. The van der Waals surface area contributed by atoms with Crippen molar-refractivity contribution < 1.29 is 19.2 Å². The number of nitrogens with zero attached hydrogens (tertiary/aromatic N) is 2. The van der Waals surface area contributed by atoms with E-state index in [0.717, 1.165) is 16.0 Å². The van der Waals surface area contributed by atoms with Crippen LogP contribution in [0.25, 0.3) is 6.08 Å². The van der Waals surface area contributed by atoms with Crippen molar-refractivity contribution >= 4 is 58.7 Å². The molecule has 0 radical (unpaired) electrons. The number of nitrogens with one attached hydrogen (secondary N) is 3. The SMILES string of the molecule is Cc1cccc(/C=C(/NC(=O)c2ccccc2)C(=O)Nc2cccc(SC(C)C(=O)NC3=NN(c4ccccc4)C(=O)C3)c2)c1. The zero-order chi connectivity index (χ0) is 31.8. The largest absolute Gasteiger partial charge is 0.321 e. The van der Waals surface area contributed by atoms with Gasteiger partial charge in [-0.1, -0.05) is 72.3 Å². The second-order valence-electron chi connectivity index (χ2n) is 10.3. The number of anilines is 2. The first-order valence-corrected chi connectivity index (χ1v) is 15.1. The minimum Gasteiger partial charge on any atom is -0.321 e. The van der Waals surface area contributed by atoms with Gasteiger partial charge in [0.05, 0.1) is 17.4 Å². The molecule has 0 fully saturated rings. The Hall–Kier alpha value is -5.48. The molecule has 226 valence electrons. The molecule has 0 saturated carbocycles. The van der Waals surface area contributed by atoms with Gasteiger partial charge in [0, 0.05) is 16.1 Å². The van der Waals surface area contributed by atoms with Gasteiger partial charge in [-0.15, -0.1) is 11.8 Å². The first-order valence-electron chi connectivity index (χ1n) is 14.2. The standard InChI is InChI=1S/C35H31N5O4S/c1-23-11-9-12-25(19-23)20-30(37-34(43)26-13-5-3-6-14-26)35(44)36-27-15-10-18-29(21-27)45-24(2)33(42)38-31-22-32(41)40(39-31)28-16-7-4-8-17-28/h3-21,24H,22H2,1-2H3,(H,36,44)(H,37,43)(H,38,39,42)/b30-20+. The second kappa shape index (κ2) is 14.3. The number of thioether (sulfide) groups is 1. The lowest BCUT2D eigenvalue weighted by Gasteiger charge is -2.14. The van der Waals surface area contributed by atoms with Crippen LogP contribution in [0.2, 0.25) is 0 Å². The molecule has 3 N–H and O–H groups in total. The summed E-state index contributed by atoms with van der Waals surface area (Å²) in [5.41, 5.74) is 3.40. The third-order valence-corrected chi connectivity index (χ3v) is 7.79. The minimum absolute atomic E-state index is 0.00124. The summed E-state index contributed by atoms with van der Waals surface area (Å²) in [5, 5.41) is 13.4. The van der Waals surface area contributed by atoms with Crippen LogP contribution in [0.5, 0.6) is 0 Å². The fourth-order valence-corrected chi connectivity index (χ4v) is 5.41. The molecule has 9 nitrogen and oxygen atoms in total. The molecule has 0 saturated heterocycles. The number of carbonyl (C=O) groups excluding carboxylic acids is 4. The van der Waals surface area contributed by atoms with Crippen LogP contribution in [0.15, 0.2) is 125 Å². The Morgan fingerprint density at radius 2 is 1.58 bits per heavy atom. The average Bonchev–Trinajstić information content (AvgIpc) is 3.41. The molecule has 1 aliphatic heterocycles. The number of rotatable bonds is 9. The summed E-state index contributed by atoms with van der Waals surface area (Å²) in [5.74, 6) is -1.15. The average molecular weight is 618 g/mol. The van der Waals surface area contributed by atoms with Gasteiger partial charge in [0.15, 0.2) is 0 Å². The van der Waals surface area contributed by atoms with Crippen molar-refractivity contribution in [2.24, 2.45) is 5.10 Å². The molecule has 45 heavy (non-hydrogen) atoms. The Labute approximate surface area is 265 Å². The number of benzene rings is 4. The number of carbonyl (C=O) groups is 4. The Balaban J connectivity index is 1.25. The van der Waals surface area contributed by atoms with Gasteiger partial charge < -0.3 is 16.0 Å². The summed E-state index contributed by atoms with van der Waals surface area (Å²) in [7, 11) is 0. The highest BCUT2D eigenvalue weighted by Crippen LogP contribution is 2.27. The highest BCUT2D eigenvalue weighted by atomic mass is 32.2. The molecule has 5 rings (SSSR count). The van der Waals surface area contributed by atoms with Gasteiger partial charge in [-0.2, -0.15) is 10.1 Å². The van der Waals surface area contributed by atoms with E-state index in [2.05, 4.69) is 21.1 Å². The molecule has 4 aromatic rings.